The summed E-state index contributed by atoms with van der Waals surface area (Å²) in [5.74, 6) is -0.736. The number of aromatic nitrogens is 1. The lowest BCUT2D eigenvalue weighted by molar-refractivity contribution is -0.137. The van der Waals surface area contributed by atoms with E-state index in [4.69, 9.17) is 5.11 Å². The summed E-state index contributed by atoms with van der Waals surface area (Å²) in [6.45, 7) is 2.08. The summed E-state index contributed by atoms with van der Waals surface area (Å²) in [6, 6.07) is 0. The van der Waals surface area contributed by atoms with Crippen LogP contribution < -0.4 is 0 Å². The smallest absolute Gasteiger partial charge is 0.303 e. The first kappa shape index (κ1) is 21.3. The SMILES string of the molecule is CCc1scnc1CC(O)C/C=C1/C(=O)C=CC1C/C=C\CCCC(=O)O. The van der Waals surface area contributed by atoms with Crippen LogP contribution in [0.5, 0.6) is 0 Å². The zero-order valence-corrected chi connectivity index (χ0v) is 16.5. The molecule has 0 saturated heterocycles. The third-order valence-electron chi connectivity index (χ3n) is 4.57. The third-order valence-corrected chi connectivity index (χ3v) is 5.59. The van der Waals surface area contributed by atoms with Crippen LogP contribution in [0, 0.1) is 5.92 Å². The van der Waals surface area contributed by atoms with Crippen molar-refractivity contribution in [3.8, 4) is 0 Å². The zero-order valence-electron chi connectivity index (χ0n) is 15.6. The van der Waals surface area contributed by atoms with E-state index in [1.807, 2.05) is 29.8 Å². The van der Waals surface area contributed by atoms with E-state index in [0.29, 0.717) is 25.7 Å². The molecule has 2 atom stereocenters. The highest BCUT2D eigenvalue weighted by Crippen LogP contribution is 2.26. The summed E-state index contributed by atoms with van der Waals surface area (Å²) < 4.78 is 0. The Morgan fingerprint density at radius 1 is 1.41 bits per heavy atom. The van der Waals surface area contributed by atoms with Crippen molar-refractivity contribution < 1.29 is 19.8 Å². The van der Waals surface area contributed by atoms with Crippen LogP contribution in [0.2, 0.25) is 0 Å². The van der Waals surface area contributed by atoms with Crippen LogP contribution >= 0.6 is 11.3 Å². The number of carboxylic acid groups (broad SMARTS) is 1. The molecule has 0 fully saturated rings. The number of carboxylic acids is 1. The molecule has 1 aliphatic rings. The molecule has 1 aliphatic carbocycles. The summed E-state index contributed by atoms with van der Waals surface area (Å²) in [5.41, 5.74) is 3.49. The molecule has 0 aromatic carbocycles. The number of ketones is 1. The van der Waals surface area contributed by atoms with E-state index in [9.17, 15) is 14.7 Å². The molecule has 1 aromatic rings. The molecule has 0 bridgehead atoms. The predicted octanol–water partition coefficient (Wildman–Crippen LogP) is 3.88. The number of thiazole rings is 1. The quantitative estimate of drug-likeness (QED) is 0.341. The van der Waals surface area contributed by atoms with Crippen molar-refractivity contribution in [2.24, 2.45) is 5.92 Å². The average molecular weight is 390 g/mol. The van der Waals surface area contributed by atoms with E-state index >= 15 is 0 Å². The zero-order chi connectivity index (χ0) is 19.6. The Kier molecular flexibility index (Phi) is 8.61. The molecule has 0 amide bonds. The maximum Gasteiger partial charge on any atom is 0.303 e. The first-order valence-electron chi connectivity index (χ1n) is 9.39. The van der Waals surface area contributed by atoms with Crippen LogP contribution in [-0.2, 0) is 22.4 Å². The number of carbonyl (C=O) groups excluding carboxylic acids is 1. The Labute approximate surface area is 164 Å². The van der Waals surface area contributed by atoms with E-state index in [1.54, 1.807) is 17.4 Å². The fraction of sp³-hybridized carbons (Fsp3) is 0.476. The molecule has 1 heterocycles. The number of aliphatic carboxylic acids is 1. The molecule has 2 N–H and O–H groups in total. The highest BCUT2D eigenvalue weighted by Gasteiger charge is 2.22. The second-order valence-electron chi connectivity index (χ2n) is 6.65. The van der Waals surface area contributed by atoms with Gasteiger partial charge in [-0.25, -0.2) is 4.98 Å². The lowest BCUT2D eigenvalue weighted by Gasteiger charge is -2.11. The van der Waals surface area contributed by atoms with Gasteiger partial charge in [0.2, 0.25) is 0 Å². The Morgan fingerprint density at radius 2 is 2.22 bits per heavy atom. The van der Waals surface area contributed by atoms with E-state index in [0.717, 1.165) is 24.1 Å². The third kappa shape index (κ3) is 6.88. The molecule has 2 unspecified atom stereocenters. The number of rotatable bonds is 11. The van der Waals surface area contributed by atoms with Crippen molar-refractivity contribution >= 4 is 23.1 Å². The molecular weight excluding hydrogens is 362 g/mol. The minimum atomic E-state index is -0.778. The number of nitrogens with zero attached hydrogens (tertiary/aromatic N) is 1. The van der Waals surface area contributed by atoms with Crippen LogP contribution in [0.25, 0.3) is 0 Å². The highest BCUT2D eigenvalue weighted by molar-refractivity contribution is 7.09. The van der Waals surface area contributed by atoms with Crippen LogP contribution in [0.4, 0.5) is 0 Å². The normalized spacial score (nSPS) is 19.4. The number of unbranched alkanes of at least 4 members (excludes halogenated alkanes) is 1. The molecule has 146 valence electrons. The van der Waals surface area contributed by atoms with Crippen molar-refractivity contribution in [3.05, 3.63) is 52.0 Å². The molecular formula is C21H27NO4S. The van der Waals surface area contributed by atoms with Crippen LogP contribution in [0.1, 0.15) is 49.6 Å². The minimum Gasteiger partial charge on any atom is -0.481 e. The Balaban J connectivity index is 1.84. The van der Waals surface area contributed by atoms with Crippen molar-refractivity contribution in [1.29, 1.82) is 0 Å². The molecule has 1 aromatic heterocycles. The van der Waals surface area contributed by atoms with Gasteiger partial charge in [0, 0.05) is 29.2 Å². The summed E-state index contributed by atoms with van der Waals surface area (Å²) in [4.78, 5) is 28.1. The standard InChI is InChI=1S/C21H27NO4S/c1-2-20-18(22-14-27-20)13-16(23)10-11-17-15(9-12-19(17)24)7-5-3-4-6-8-21(25)26/h3,5,9,11-12,14-16,23H,2,4,6-8,10,13H2,1H3,(H,25,26)/b5-3-,17-11+. The van der Waals surface area contributed by atoms with Gasteiger partial charge in [0.25, 0.3) is 0 Å². The molecule has 0 aliphatic heterocycles. The number of carbonyl (C=O) groups is 2. The van der Waals surface area contributed by atoms with Gasteiger partial charge < -0.3 is 10.2 Å². The van der Waals surface area contributed by atoms with Gasteiger partial charge in [0.15, 0.2) is 5.78 Å². The monoisotopic (exact) mass is 389 g/mol. The summed E-state index contributed by atoms with van der Waals surface area (Å²) >= 11 is 1.61. The first-order valence-corrected chi connectivity index (χ1v) is 10.3. The lowest BCUT2D eigenvalue weighted by Crippen LogP contribution is -2.12. The van der Waals surface area contributed by atoms with Gasteiger partial charge in [-0.1, -0.05) is 31.2 Å². The summed E-state index contributed by atoms with van der Waals surface area (Å²) in [6.07, 6.45) is 12.9. The van der Waals surface area contributed by atoms with Gasteiger partial charge in [-0.2, -0.15) is 0 Å². The van der Waals surface area contributed by atoms with E-state index in [1.165, 1.54) is 4.88 Å². The largest absolute Gasteiger partial charge is 0.481 e. The number of aliphatic hydroxyl groups excluding tert-OH is 1. The highest BCUT2D eigenvalue weighted by atomic mass is 32.1. The molecule has 0 radical (unpaired) electrons. The van der Waals surface area contributed by atoms with Crippen LogP contribution in [-0.4, -0.2) is 33.1 Å². The topological polar surface area (TPSA) is 87.5 Å². The van der Waals surface area contributed by atoms with Crippen molar-refractivity contribution in [1.82, 2.24) is 4.98 Å². The Bertz CT molecular complexity index is 732. The van der Waals surface area contributed by atoms with E-state index in [2.05, 4.69) is 11.9 Å². The number of hydrogen-bond donors (Lipinski definition) is 2. The van der Waals surface area contributed by atoms with E-state index < -0.39 is 12.1 Å². The number of aliphatic hydroxyl groups is 1. The molecule has 2 rings (SSSR count). The van der Waals surface area contributed by atoms with Crippen LogP contribution in [0.3, 0.4) is 0 Å². The van der Waals surface area contributed by atoms with Crippen molar-refractivity contribution in [2.75, 3.05) is 0 Å². The minimum absolute atomic E-state index is 0.00869. The molecule has 0 spiro atoms. The summed E-state index contributed by atoms with van der Waals surface area (Å²) in [7, 11) is 0. The number of hydrogen-bond acceptors (Lipinski definition) is 5. The van der Waals surface area contributed by atoms with Gasteiger partial charge in [-0.15, -0.1) is 11.3 Å². The van der Waals surface area contributed by atoms with Gasteiger partial charge >= 0.3 is 5.97 Å². The predicted molar refractivity (Wildman–Crippen MR) is 107 cm³/mol. The Morgan fingerprint density at radius 3 is 2.96 bits per heavy atom. The maximum atomic E-state index is 12.1. The molecule has 6 heteroatoms. The summed E-state index contributed by atoms with van der Waals surface area (Å²) in [5, 5.41) is 18.9. The number of allylic oxidation sites excluding steroid dienone is 5. The van der Waals surface area contributed by atoms with Gasteiger partial charge in [-0.05, 0) is 38.2 Å². The second kappa shape index (κ2) is 10.9. The lowest BCUT2D eigenvalue weighted by atomic mass is 9.95. The fourth-order valence-electron chi connectivity index (χ4n) is 3.09. The van der Waals surface area contributed by atoms with Gasteiger partial charge in [-0.3, -0.25) is 9.59 Å². The molecule has 27 heavy (non-hydrogen) atoms. The number of aryl methyl sites for hydroxylation is 1. The van der Waals surface area contributed by atoms with Gasteiger partial charge in [0.1, 0.15) is 0 Å². The fourth-order valence-corrected chi connectivity index (χ4v) is 3.84. The molecule has 5 nitrogen and oxygen atoms in total. The van der Waals surface area contributed by atoms with Gasteiger partial charge in [0.05, 0.1) is 17.3 Å². The van der Waals surface area contributed by atoms with Crippen molar-refractivity contribution in [3.63, 3.8) is 0 Å². The van der Waals surface area contributed by atoms with Crippen LogP contribution in [0.15, 0.2) is 41.5 Å². The average Bonchev–Trinajstić information content (AvgIpc) is 3.22. The van der Waals surface area contributed by atoms with E-state index in [-0.39, 0.29) is 18.1 Å². The molecule has 0 saturated carbocycles. The maximum absolute atomic E-state index is 12.1. The second-order valence-corrected chi connectivity index (χ2v) is 7.59. The van der Waals surface area contributed by atoms with Crippen molar-refractivity contribution in [2.45, 2.75) is 58.0 Å². The first-order chi connectivity index (χ1) is 13.0. The Hall–Kier alpha value is -2.05.